The monoisotopic (exact) mass is 381 g/mol. The molecule has 0 bridgehead atoms. The van der Waals surface area contributed by atoms with Gasteiger partial charge < -0.3 is 9.84 Å². The topological polar surface area (TPSA) is 68.0 Å². The molecular weight excluding hydrogens is 358 g/mol. The largest absolute Gasteiger partial charge is 0.345 e. The molecule has 0 saturated carbocycles. The molecule has 3 aromatic rings. The van der Waals surface area contributed by atoms with Crippen molar-refractivity contribution in [1.29, 1.82) is 0 Å². The van der Waals surface area contributed by atoms with Crippen LogP contribution in [0.2, 0.25) is 0 Å². The molecule has 3 heterocycles. The van der Waals surface area contributed by atoms with Crippen molar-refractivity contribution in [3.05, 3.63) is 53.3 Å². The third-order valence-electron chi connectivity index (χ3n) is 4.63. The average Bonchev–Trinajstić information content (AvgIpc) is 3.02. The van der Waals surface area contributed by atoms with Crippen LogP contribution in [0.3, 0.4) is 0 Å². The highest BCUT2D eigenvalue weighted by molar-refractivity contribution is 7.99. The number of amides is 1. The van der Waals surface area contributed by atoms with Gasteiger partial charge in [-0.15, -0.1) is 11.8 Å². The van der Waals surface area contributed by atoms with Crippen molar-refractivity contribution >= 4 is 28.8 Å². The number of hydrogen-bond donors (Lipinski definition) is 1. The summed E-state index contributed by atoms with van der Waals surface area (Å²) in [4.78, 5) is 18.4. The number of aromatic nitrogens is 2. The average molecular weight is 382 g/mol. The van der Waals surface area contributed by atoms with Crippen molar-refractivity contribution in [2.75, 3.05) is 5.75 Å². The number of rotatable bonds is 3. The first-order chi connectivity index (χ1) is 12.9. The molecule has 0 aliphatic carbocycles. The van der Waals surface area contributed by atoms with Crippen LogP contribution >= 0.6 is 11.8 Å². The molecule has 140 valence electrons. The van der Waals surface area contributed by atoms with Gasteiger partial charge in [0.1, 0.15) is 0 Å². The second-order valence-corrected chi connectivity index (χ2v) is 9.28. The smallest absolute Gasteiger partial charge is 0.257 e. The normalized spacial score (nSPS) is 16.9. The predicted molar refractivity (Wildman–Crippen MR) is 107 cm³/mol. The second-order valence-electron chi connectivity index (χ2n) is 8.14. The lowest BCUT2D eigenvalue weighted by molar-refractivity contribution is 0.0935. The Kier molecular flexibility index (Phi) is 4.68. The molecule has 1 amide bonds. The minimum absolute atomic E-state index is 0.0298. The van der Waals surface area contributed by atoms with Crippen molar-refractivity contribution in [1.82, 2.24) is 15.5 Å². The van der Waals surface area contributed by atoms with Gasteiger partial charge in [0.05, 0.1) is 22.7 Å². The van der Waals surface area contributed by atoms with Crippen molar-refractivity contribution < 1.29 is 9.32 Å². The molecule has 0 radical (unpaired) electrons. The van der Waals surface area contributed by atoms with Crippen molar-refractivity contribution in [2.24, 2.45) is 5.41 Å². The Morgan fingerprint density at radius 3 is 2.96 bits per heavy atom. The predicted octanol–water partition coefficient (Wildman–Crippen LogP) is 4.78. The van der Waals surface area contributed by atoms with E-state index in [2.05, 4.69) is 48.4 Å². The summed E-state index contributed by atoms with van der Waals surface area (Å²) in [6.07, 6.45) is 3.25. The fraction of sp³-hybridized carbons (Fsp3) is 0.381. The first-order valence-corrected chi connectivity index (χ1v) is 10.2. The van der Waals surface area contributed by atoms with Gasteiger partial charge in [0.2, 0.25) is 0 Å². The molecule has 6 heteroatoms. The second kappa shape index (κ2) is 7.00. The van der Waals surface area contributed by atoms with E-state index >= 15 is 0 Å². The summed E-state index contributed by atoms with van der Waals surface area (Å²) in [6, 6.07) is 10.1. The summed E-state index contributed by atoms with van der Waals surface area (Å²) in [6.45, 7) is 6.45. The van der Waals surface area contributed by atoms with Crippen LogP contribution in [-0.4, -0.2) is 21.8 Å². The molecule has 5 nitrogen and oxygen atoms in total. The maximum absolute atomic E-state index is 12.9. The van der Waals surface area contributed by atoms with E-state index in [0.29, 0.717) is 11.3 Å². The Morgan fingerprint density at radius 1 is 1.33 bits per heavy atom. The van der Waals surface area contributed by atoms with Gasteiger partial charge in [0.15, 0.2) is 0 Å². The van der Waals surface area contributed by atoms with E-state index < -0.39 is 0 Å². The summed E-state index contributed by atoms with van der Waals surface area (Å²) in [7, 11) is 0. The molecule has 27 heavy (non-hydrogen) atoms. The fourth-order valence-corrected chi connectivity index (χ4v) is 4.49. The van der Waals surface area contributed by atoms with E-state index in [1.807, 2.05) is 30.0 Å². The van der Waals surface area contributed by atoms with Crippen LogP contribution in [0, 0.1) is 5.41 Å². The highest BCUT2D eigenvalue weighted by Crippen LogP contribution is 2.36. The van der Waals surface area contributed by atoms with Crippen LogP contribution in [0.4, 0.5) is 0 Å². The van der Waals surface area contributed by atoms with Crippen molar-refractivity contribution in [2.45, 2.75) is 44.6 Å². The molecule has 1 atom stereocenters. The van der Waals surface area contributed by atoms with Crippen LogP contribution in [0.25, 0.3) is 11.1 Å². The number of thioether (sulfide) groups is 1. The number of pyridine rings is 1. The van der Waals surface area contributed by atoms with Crippen molar-refractivity contribution in [3.63, 3.8) is 0 Å². The van der Waals surface area contributed by atoms with E-state index in [-0.39, 0.29) is 17.4 Å². The Hall–Kier alpha value is -2.34. The summed E-state index contributed by atoms with van der Waals surface area (Å²) in [5, 5.41) is 8.14. The molecule has 0 fully saturated rings. The molecule has 1 aliphatic rings. The number of nitrogens with one attached hydrogen (secondary N) is 1. The lowest BCUT2D eigenvalue weighted by atomic mass is 9.90. The summed E-state index contributed by atoms with van der Waals surface area (Å²) >= 11 is 1.84. The fourth-order valence-electron chi connectivity index (χ4n) is 3.37. The first-order valence-electron chi connectivity index (χ1n) is 9.18. The standard InChI is InChI=1S/C21H23N3O2S/c1-21(2,3)11-17-15-10-13(12-22-20(15)26-24-17)19(25)23-16-8-9-27-18-7-5-4-6-14(16)18/h4-7,10,12,16H,8-9,11H2,1-3H3,(H,23,25). The van der Waals surface area contributed by atoms with Crippen LogP contribution in [-0.2, 0) is 6.42 Å². The number of benzene rings is 1. The van der Waals surface area contributed by atoms with Crippen LogP contribution in [0.1, 0.15) is 54.8 Å². The number of hydrogen-bond acceptors (Lipinski definition) is 5. The van der Waals surface area contributed by atoms with E-state index in [1.54, 1.807) is 6.20 Å². The van der Waals surface area contributed by atoms with Crippen LogP contribution in [0.5, 0.6) is 0 Å². The summed E-state index contributed by atoms with van der Waals surface area (Å²) < 4.78 is 5.33. The van der Waals surface area contributed by atoms with Gasteiger partial charge in [0, 0.05) is 16.8 Å². The zero-order valence-corrected chi connectivity index (χ0v) is 16.6. The van der Waals surface area contributed by atoms with E-state index in [9.17, 15) is 4.79 Å². The van der Waals surface area contributed by atoms with Crippen molar-refractivity contribution in [3.8, 4) is 0 Å². The summed E-state index contributed by atoms with van der Waals surface area (Å²) in [5.41, 5.74) is 3.13. The third kappa shape index (κ3) is 3.86. The minimum atomic E-state index is -0.112. The molecule has 1 aromatic carbocycles. The highest BCUT2D eigenvalue weighted by atomic mass is 32.2. The molecule has 4 rings (SSSR count). The Balaban J connectivity index is 1.59. The first kappa shape index (κ1) is 18.0. The molecule has 2 aromatic heterocycles. The lowest BCUT2D eigenvalue weighted by Crippen LogP contribution is -2.30. The summed E-state index contributed by atoms with van der Waals surface area (Å²) in [5.74, 6) is 0.889. The molecular formula is C21H23N3O2S. The van der Waals surface area contributed by atoms with Gasteiger partial charge in [-0.1, -0.05) is 44.1 Å². The number of carbonyl (C=O) groups is 1. The lowest BCUT2D eigenvalue weighted by Gasteiger charge is -2.25. The van der Waals surface area contributed by atoms with Gasteiger partial charge >= 0.3 is 0 Å². The quantitative estimate of drug-likeness (QED) is 0.707. The third-order valence-corrected chi connectivity index (χ3v) is 5.75. The van der Waals surface area contributed by atoms with Crippen LogP contribution < -0.4 is 5.32 Å². The van der Waals surface area contributed by atoms with Gasteiger partial charge in [-0.05, 0) is 36.0 Å². The van der Waals surface area contributed by atoms with E-state index in [0.717, 1.165) is 29.7 Å². The van der Waals surface area contributed by atoms with Crippen LogP contribution in [0.15, 0.2) is 45.9 Å². The Labute approximate surface area is 162 Å². The maximum atomic E-state index is 12.9. The molecule has 0 spiro atoms. The van der Waals surface area contributed by atoms with Gasteiger partial charge in [-0.3, -0.25) is 4.79 Å². The number of fused-ring (bicyclic) bond motifs is 2. The number of carbonyl (C=O) groups excluding carboxylic acids is 1. The molecule has 1 aliphatic heterocycles. The van der Waals surface area contributed by atoms with E-state index in [1.165, 1.54) is 10.5 Å². The molecule has 0 saturated heterocycles. The molecule has 1 N–H and O–H groups in total. The zero-order chi connectivity index (χ0) is 19.0. The highest BCUT2D eigenvalue weighted by Gasteiger charge is 2.24. The molecule has 1 unspecified atom stereocenters. The maximum Gasteiger partial charge on any atom is 0.257 e. The van der Waals surface area contributed by atoms with E-state index in [4.69, 9.17) is 4.52 Å². The Bertz CT molecular complexity index is 991. The minimum Gasteiger partial charge on any atom is -0.345 e. The number of nitrogens with zero attached hydrogens (tertiary/aromatic N) is 2. The van der Waals surface area contributed by atoms with Gasteiger partial charge in [0.25, 0.3) is 11.6 Å². The van der Waals surface area contributed by atoms with Gasteiger partial charge in [-0.25, -0.2) is 4.98 Å². The Morgan fingerprint density at radius 2 is 2.15 bits per heavy atom. The zero-order valence-electron chi connectivity index (χ0n) is 15.8. The van der Waals surface area contributed by atoms with Gasteiger partial charge in [-0.2, -0.15) is 0 Å². The SMILES string of the molecule is CC(C)(C)Cc1noc2ncc(C(=O)NC3CCSc4ccccc43)cc12.